The second kappa shape index (κ2) is 8.97. The largest absolute Gasteiger partial charge is 0.459 e. The van der Waals surface area contributed by atoms with E-state index in [0.29, 0.717) is 17.2 Å². The first kappa shape index (κ1) is 20.6. The molecular weight excluding hydrogens is 403 g/mol. The topological polar surface area (TPSA) is 61.6 Å². The number of nitrogens with one attached hydrogen (secondary N) is 1. The van der Waals surface area contributed by atoms with Crippen molar-refractivity contribution >= 4 is 22.9 Å². The van der Waals surface area contributed by atoms with Gasteiger partial charge in [0.15, 0.2) is 10.8 Å². The third kappa shape index (κ3) is 4.71. The molecule has 1 aliphatic heterocycles. The second-order valence-corrected chi connectivity index (χ2v) is 8.40. The zero-order chi connectivity index (χ0) is 21.1. The Morgan fingerprint density at radius 3 is 2.53 bits per heavy atom. The lowest BCUT2D eigenvalue weighted by atomic mass is 10.2. The predicted molar refractivity (Wildman–Crippen MR) is 117 cm³/mol. The zero-order valence-corrected chi connectivity index (χ0v) is 18.0. The number of rotatable bonds is 6. The lowest BCUT2D eigenvalue weighted by Crippen LogP contribution is -2.48. The minimum atomic E-state index is -0.212. The number of halogens is 1. The number of carbonyl (C=O) groups is 1. The maximum atomic E-state index is 13.1. The van der Waals surface area contributed by atoms with E-state index in [4.69, 9.17) is 4.42 Å². The molecule has 1 amide bonds. The molecule has 0 radical (unpaired) electrons. The highest BCUT2D eigenvalue weighted by Crippen LogP contribution is 2.29. The smallest absolute Gasteiger partial charge is 0.263 e. The fourth-order valence-electron chi connectivity index (χ4n) is 3.55. The molecule has 1 N–H and O–H groups in total. The van der Waals surface area contributed by atoms with Crippen molar-refractivity contribution in [3.63, 3.8) is 0 Å². The van der Waals surface area contributed by atoms with Gasteiger partial charge in [0.05, 0.1) is 5.69 Å². The van der Waals surface area contributed by atoms with Gasteiger partial charge < -0.3 is 14.6 Å². The summed E-state index contributed by atoms with van der Waals surface area (Å²) in [5.41, 5.74) is 1.77. The van der Waals surface area contributed by atoms with Crippen molar-refractivity contribution in [2.75, 3.05) is 44.2 Å². The van der Waals surface area contributed by atoms with Crippen molar-refractivity contribution in [2.45, 2.75) is 13.8 Å². The molecule has 6 nitrogen and oxygen atoms in total. The van der Waals surface area contributed by atoms with Gasteiger partial charge in [-0.15, -0.1) is 11.3 Å². The number of aromatic nitrogens is 1. The minimum absolute atomic E-state index is 0.0931. The minimum Gasteiger partial charge on any atom is -0.459 e. The van der Waals surface area contributed by atoms with Crippen LogP contribution >= 0.6 is 11.3 Å². The van der Waals surface area contributed by atoms with Crippen LogP contribution in [0.1, 0.15) is 21.1 Å². The molecular formula is C22H25FN4O2S. The first-order valence-electron chi connectivity index (χ1n) is 10.0. The molecule has 3 heterocycles. The summed E-state index contributed by atoms with van der Waals surface area (Å²) in [6.45, 7) is 8.71. The number of anilines is 1. The maximum absolute atomic E-state index is 13.1. The van der Waals surface area contributed by atoms with Gasteiger partial charge in [-0.2, -0.15) is 0 Å². The zero-order valence-electron chi connectivity index (χ0n) is 17.2. The molecule has 1 aliphatic rings. The molecule has 1 aromatic carbocycles. The molecule has 1 saturated heterocycles. The van der Waals surface area contributed by atoms with E-state index in [9.17, 15) is 9.18 Å². The number of carbonyl (C=O) groups excluding carboxylic acids is 1. The third-order valence-corrected chi connectivity index (χ3v) is 6.40. The number of benzene rings is 1. The van der Waals surface area contributed by atoms with Gasteiger partial charge in [-0.3, -0.25) is 9.69 Å². The highest BCUT2D eigenvalue weighted by atomic mass is 32.1. The molecule has 0 saturated carbocycles. The van der Waals surface area contributed by atoms with E-state index in [0.717, 1.165) is 54.9 Å². The Morgan fingerprint density at radius 1 is 1.13 bits per heavy atom. The van der Waals surface area contributed by atoms with Crippen LogP contribution in [0.4, 0.5) is 10.1 Å². The number of furan rings is 1. The molecule has 0 unspecified atom stereocenters. The van der Waals surface area contributed by atoms with Crippen LogP contribution in [0.2, 0.25) is 0 Å². The molecule has 2 aromatic heterocycles. The Labute approximate surface area is 179 Å². The number of hydrogen-bond acceptors (Lipinski definition) is 6. The standard InChI is InChI=1S/C22H25FN4O2S/c1-15-3-8-19(29-15)22-25-16(2)20(30-22)21(28)24-9-10-26-11-13-27(14-12-26)18-6-4-17(23)5-7-18/h3-8H,9-14H2,1-2H3,(H,24,28). The van der Waals surface area contributed by atoms with Crippen LogP contribution in [-0.2, 0) is 0 Å². The SMILES string of the molecule is Cc1ccc(-c2nc(C)c(C(=O)NCCN3CCN(c4ccc(F)cc4)CC3)s2)o1. The van der Waals surface area contributed by atoms with Gasteiger partial charge in [0.25, 0.3) is 5.91 Å². The summed E-state index contributed by atoms with van der Waals surface area (Å²) in [4.78, 5) is 22.3. The third-order valence-electron chi connectivity index (χ3n) is 5.23. The lowest BCUT2D eigenvalue weighted by molar-refractivity contribution is 0.0951. The summed E-state index contributed by atoms with van der Waals surface area (Å²) in [5.74, 6) is 1.21. The molecule has 0 spiro atoms. The maximum Gasteiger partial charge on any atom is 0.263 e. The number of piperazine rings is 1. The van der Waals surface area contributed by atoms with Gasteiger partial charge in [-0.25, -0.2) is 9.37 Å². The molecule has 4 rings (SSSR count). The first-order chi connectivity index (χ1) is 14.5. The summed E-state index contributed by atoms with van der Waals surface area (Å²) < 4.78 is 18.7. The first-order valence-corrected chi connectivity index (χ1v) is 10.9. The Morgan fingerprint density at radius 2 is 1.87 bits per heavy atom. The molecule has 0 aliphatic carbocycles. The van der Waals surface area contributed by atoms with E-state index in [1.54, 1.807) is 0 Å². The van der Waals surface area contributed by atoms with Crippen LogP contribution in [0.25, 0.3) is 10.8 Å². The van der Waals surface area contributed by atoms with E-state index in [-0.39, 0.29) is 11.7 Å². The monoisotopic (exact) mass is 428 g/mol. The van der Waals surface area contributed by atoms with E-state index < -0.39 is 0 Å². The van der Waals surface area contributed by atoms with E-state index >= 15 is 0 Å². The summed E-state index contributed by atoms with van der Waals surface area (Å²) in [7, 11) is 0. The summed E-state index contributed by atoms with van der Waals surface area (Å²) in [6.07, 6.45) is 0. The highest BCUT2D eigenvalue weighted by molar-refractivity contribution is 7.17. The van der Waals surface area contributed by atoms with Gasteiger partial charge in [-0.05, 0) is 50.2 Å². The van der Waals surface area contributed by atoms with Crippen molar-refractivity contribution < 1.29 is 13.6 Å². The second-order valence-electron chi connectivity index (χ2n) is 7.40. The van der Waals surface area contributed by atoms with Crippen LogP contribution in [0, 0.1) is 19.7 Å². The molecule has 30 heavy (non-hydrogen) atoms. The van der Waals surface area contributed by atoms with E-state index in [1.165, 1.54) is 23.5 Å². The summed E-state index contributed by atoms with van der Waals surface area (Å²) in [5, 5.41) is 3.73. The van der Waals surface area contributed by atoms with Crippen LogP contribution in [0.3, 0.4) is 0 Å². The molecule has 0 bridgehead atoms. The Kier molecular flexibility index (Phi) is 6.15. The van der Waals surface area contributed by atoms with Gasteiger partial charge in [-0.1, -0.05) is 0 Å². The normalized spacial score (nSPS) is 14.8. The molecule has 0 atom stereocenters. The molecule has 158 valence electrons. The number of hydrogen-bond donors (Lipinski definition) is 1. The summed E-state index contributed by atoms with van der Waals surface area (Å²) >= 11 is 1.36. The van der Waals surface area contributed by atoms with Crippen LogP contribution in [0.15, 0.2) is 40.8 Å². The van der Waals surface area contributed by atoms with E-state index in [1.807, 2.05) is 38.1 Å². The number of aryl methyl sites for hydroxylation is 2. The van der Waals surface area contributed by atoms with Crippen LogP contribution in [0.5, 0.6) is 0 Å². The van der Waals surface area contributed by atoms with Crippen LogP contribution < -0.4 is 10.2 Å². The van der Waals surface area contributed by atoms with Crippen LogP contribution in [-0.4, -0.2) is 55.1 Å². The molecule has 1 fully saturated rings. The molecule has 8 heteroatoms. The fourth-order valence-corrected chi connectivity index (χ4v) is 4.50. The average molecular weight is 429 g/mol. The molecule has 3 aromatic rings. The van der Waals surface area contributed by atoms with E-state index in [2.05, 4.69) is 20.1 Å². The van der Waals surface area contributed by atoms with Gasteiger partial charge in [0.1, 0.15) is 16.5 Å². The van der Waals surface area contributed by atoms with Gasteiger partial charge in [0.2, 0.25) is 0 Å². The number of nitrogens with zero attached hydrogens (tertiary/aromatic N) is 3. The van der Waals surface area contributed by atoms with Crippen molar-refractivity contribution in [1.82, 2.24) is 15.2 Å². The predicted octanol–water partition coefficient (Wildman–Crippen LogP) is 3.71. The van der Waals surface area contributed by atoms with Crippen molar-refractivity contribution in [1.29, 1.82) is 0 Å². The quantitative estimate of drug-likeness (QED) is 0.649. The average Bonchev–Trinajstić information content (AvgIpc) is 3.35. The van der Waals surface area contributed by atoms with Gasteiger partial charge >= 0.3 is 0 Å². The van der Waals surface area contributed by atoms with Gasteiger partial charge in [0, 0.05) is 45.0 Å². The highest BCUT2D eigenvalue weighted by Gasteiger charge is 2.19. The van der Waals surface area contributed by atoms with Crippen molar-refractivity contribution in [2.24, 2.45) is 0 Å². The fraction of sp³-hybridized carbons (Fsp3) is 0.364. The number of amides is 1. The lowest BCUT2D eigenvalue weighted by Gasteiger charge is -2.36. The number of thiazole rings is 1. The summed E-state index contributed by atoms with van der Waals surface area (Å²) in [6, 6.07) is 10.4. The van der Waals surface area contributed by atoms with Crippen molar-refractivity contribution in [3.05, 3.63) is 58.5 Å². The Bertz CT molecular complexity index is 1010. The Balaban J connectivity index is 1.24. The van der Waals surface area contributed by atoms with Crippen molar-refractivity contribution in [3.8, 4) is 10.8 Å². The Hall–Kier alpha value is -2.71.